The summed E-state index contributed by atoms with van der Waals surface area (Å²) >= 11 is 6.23. The van der Waals surface area contributed by atoms with Crippen LogP contribution in [0, 0.1) is 5.92 Å². The van der Waals surface area contributed by atoms with Gasteiger partial charge in [-0.2, -0.15) is 0 Å². The number of alkyl halides is 1. The predicted molar refractivity (Wildman–Crippen MR) is 61.9 cm³/mol. The third-order valence-electron chi connectivity index (χ3n) is 3.49. The minimum atomic E-state index is 0.0834. The Morgan fingerprint density at radius 1 is 1.50 bits per heavy atom. The van der Waals surface area contributed by atoms with E-state index in [0.29, 0.717) is 5.38 Å². The van der Waals surface area contributed by atoms with Crippen LogP contribution >= 0.6 is 11.6 Å². The Balaban J connectivity index is 2.55. The lowest BCUT2D eigenvalue weighted by Crippen LogP contribution is -2.41. The van der Waals surface area contributed by atoms with Crippen LogP contribution in [0.3, 0.4) is 0 Å². The van der Waals surface area contributed by atoms with Crippen molar-refractivity contribution in [2.75, 3.05) is 6.61 Å². The number of halogens is 1. The summed E-state index contributed by atoms with van der Waals surface area (Å²) in [5, 5.41) is 0.327. The molecule has 0 N–H and O–H groups in total. The summed E-state index contributed by atoms with van der Waals surface area (Å²) in [6.07, 6.45) is 5.56. The van der Waals surface area contributed by atoms with Crippen molar-refractivity contribution in [2.45, 2.75) is 63.9 Å². The van der Waals surface area contributed by atoms with E-state index in [9.17, 15) is 0 Å². The van der Waals surface area contributed by atoms with E-state index in [1.807, 2.05) is 0 Å². The van der Waals surface area contributed by atoms with Crippen LogP contribution in [-0.4, -0.2) is 17.6 Å². The maximum Gasteiger partial charge on any atom is 0.0696 e. The topological polar surface area (TPSA) is 9.23 Å². The maximum atomic E-state index is 6.23. The van der Waals surface area contributed by atoms with Crippen molar-refractivity contribution in [2.24, 2.45) is 5.92 Å². The van der Waals surface area contributed by atoms with E-state index in [-0.39, 0.29) is 5.60 Å². The van der Waals surface area contributed by atoms with Crippen LogP contribution in [0.1, 0.15) is 52.9 Å². The number of hydrogen-bond acceptors (Lipinski definition) is 1. The van der Waals surface area contributed by atoms with E-state index in [1.165, 1.54) is 12.8 Å². The zero-order valence-corrected chi connectivity index (χ0v) is 10.4. The van der Waals surface area contributed by atoms with Crippen molar-refractivity contribution in [3.05, 3.63) is 0 Å². The molecule has 0 spiro atoms. The Morgan fingerprint density at radius 3 is 2.71 bits per heavy atom. The van der Waals surface area contributed by atoms with Gasteiger partial charge in [0.25, 0.3) is 0 Å². The zero-order valence-electron chi connectivity index (χ0n) is 9.68. The van der Waals surface area contributed by atoms with Crippen LogP contribution in [-0.2, 0) is 4.74 Å². The molecule has 1 aliphatic rings. The van der Waals surface area contributed by atoms with Gasteiger partial charge in [0, 0.05) is 12.0 Å². The van der Waals surface area contributed by atoms with Crippen LogP contribution in [0.25, 0.3) is 0 Å². The van der Waals surface area contributed by atoms with Crippen LogP contribution in [0.2, 0.25) is 0 Å². The first kappa shape index (κ1) is 12.3. The number of rotatable bonds is 4. The van der Waals surface area contributed by atoms with Gasteiger partial charge in [0.1, 0.15) is 0 Å². The Bertz CT molecular complexity index is 172. The Kier molecular flexibility index (Phi) is 4.72. The summed E-state index contributed by atoms with van der Waals surface area (Å²) in [5.74, 6) is 0.747. The summed E-state index contributed by atoms with van der Waals surface area (Å²) in [7, 11) is 0. The van der Waals surface area contributed by atoms with Crippen molar-refractivity contribution < 1.29 is 4.74 Å². The molecule has 14 heavy (non-hydrogen) atoms. The Morgan fingerprint density at radius 2 is 2.21 bits per heavy atom. The summed E-state index contributed by atoms with van der Waals surface area (Å²) in [6, 6.07) is 0. The van der Waals surface area contributed by atoms with Crippen molar-refractivity contribution in [1.29, 1.82) is 0 Å². The van der Waals surface area contributed by atoms with E-state index in [2.05, 4.69) is 20.8 Å². The van der Waals surface area contributed by atoms with E-state index >= 15 is 0 Å². The third-order valence-corrected chi connectivity index (χ3v) is 3.87. The van der Waals surface area contributed by atoms with Gasteiger partial charge >= 0.3 is 0 Å². The highest BCUT2D eigenvalue weighted by Crippen LogP contribution is 2.36. The first-order valence-electron chi connectivity index (χ1n) is 5.90. The quantitative estimate of drug-likeness (QED) is 0.649. The van der Waals surface area contributed by atoms with Gasteiger partial charge in [-0.1, -0.05) is 27.2 Å². The number of ether oxygens (including phenoxy) is 1. The fraction of sp³-hybridized carbons (Fsp3) is 1.00. The summed E-state index contributed by atoms with van der Waals surface area (Å²) in [6.45, 7) is 7.61. The summed E-state index contributed by atoms with van der Waals surface area (Å²) < 4.78 is 5.97. The molecular weight excluding hydrogens is 196 g/mol. The van der Waals surface area contributed by atoms with Crippen LogP contribution in [0.4, 0.5) is 0 Å². The van der Waals surface area contributed by atoms with E-state index < -0.39 is 0 Å². The van der Waals surface area contributed by atoms with Crippen LogP contribution in [0.5, 0.6) is 0 Å². The molecule has 1 nitrogen and oxygen atoms in total. The smallest absolute Gasteiger partial charge is 0.0696 e. The fourth-order valence-corrected chi connectivity index (χ4v) is 2.65. The third kappa shape index (κ3) is 3.13. The second kappa shape index (κ2) is 5.37. The number of hydrogen-bond donors (Lipinski definition) is 0. The lowest BCUT2D eigenvalue weighted by Gasteiger charge is -2.40. The average molecular weight is 219 g/mol. The minimum absolute atomic E-state index is 0.0834. The maximum absolute atomic E-state index is 6.23. The monoisotopic (exact) mass is 218 g/mol. The molecule has 3 atom stereocenters. The van der Waals surface area contributed by atoms with E-state index in [4.69, 9.17) is 16.3 Å². The van der Waals surface area contributed by atoms with Crippen molar-refractivity contribution in [1.82, 2.24) is 0 Å². The van der Waals surface area contributed by atoms with Gasteiger partial charge in [0.2, 0.25) is 0 Å². The molecule has 1 rings (SSSR count). The van der Waals surface area contributed by atoms with E-state index in [1.54, 1.807) is 0 Å². The lowest BCUT2D eigenvalue weighted by molar-refractivity contribution is -0.0920. The Labute approximate surface area is 93.2 Å². The molecular formula is C12H23ClO. The summed E-state index contributed by atoms with van der Waals surface area (Å²) in [5.41, 5.74) is 0.0834. The standard InChI is InChI=1S/C12H23ClO/c1-4-10(3)8-12(5-2)9-11(13)6-7-14-12/h10-11H,4-9H2,1-3H3. The molecule has 0 amide bonds. The predicted octanol–water partition coefficient (Wildman–Crippen LogP) is 3.99. The second-order valence-electron chi connectivity index (χ2n) is 4.69. The molecule has 0 aromatic carbocycles. The van der Waals surface area contributed by atoms with Crippen molar-refractivity contribution >= 4 is 11.6 Å². The van der Waals surface area contributed by atoms with Crippen molar-refractivity contribution in [3.63, 3.8) is 0 Å². The SMILES string of the molecule is CCC(C)CC1(CC)CC(Cl)CCO1. The van der Waals surface area contributed by atoms with E-state index in [0.717, 1.165) is 31.8 Å². The van der Waals surface area contributed by atoms with Gasteiger partial charge in [-0.25, -0.2) is 0 Å². The summed E-state index contributed by atoms with van der Waals surface area (Å²) in [4.78, 5) is 0. The molecule has 0 aliphatic carbocycles. The van der Waals surface area contributed by atoms with Crippen LogP contribution < -0.4 is 0 Å². The molecule has 0 saturated carbocycles. The second-order valence-corrected chi connectivity index (χ2v) is 5.31. The highest BCUT2D eigenvalue weighted by molar-refractivity contribution is 6.20. The van der Waals surface area contributed by atoms with Gasteiger partial charge < -0.3 is 4.74 Å². The molecule has 2 heteroatoms. The zero-order chi connectivity index (χ0) is 10.6. The van der Waals surface area contributed by atoms with Gasteiger partial charge in [0.05, 0.1) is 5.60 Å². The molecule has 1 aliphatic heterocycles. The highest BCUT2D eigenvalue weighted by Gasteiger charge is 2.36. The van der Waals surface area contributed by atoms with Crippen LogP contribution in [0.15, 0.2) is 0 Å². The molecule has 3 unspecified atom stereocenters. The molecule has 0 aromatic rings. The first-order valence-corrected chi connectivity index (χ1v) is 6.33. The minimum Gasteiger partial charge on any atom is -0.375 e. The molecule has 84 valence electrons. The van der Waals surface area contributed by atoms with Gasteiger partial charge in [-0.05, 0) is 31.6 Å². The average Bonchev–Trinajstić information content (AvgIpc) is 2.17. The van der Waals surface area contributed by atoms with Gasteiger partial charge in [-0.3, -0.25) is 0 Å². The molecule has 1 heterocycles. The molecule has 0 bridgehead atoms. The Hall–Kier alpha value is 0.250. The molecule has 1 fully saturated rings. The van der Waals surface area contributed by atoms with Gasteiger partial charge in [-0.15, -0.1) is 11.6 Å². The fourth-order valence-electron chi connectivity index (χ4n) is 2.28. The van der Waals surface area contributed by atoms with Gasteiger partial charge in [0.15, 0.2) is 0 Å². The normalized spacial score (nSPS) is 35.6. The molecule has 0 radical (unpaired) electrons. The largest absolute Gasteiger partial charge is 0.375 e. The molecule has 0 aromatic heterocycles. The lowest BCUT2D eigenvalue weighted by atomic mass is 9.82. The first-order chi connectivity index (χ1) is 6.62. The van der Waals surface area contributed by atoms with Crippen molar-refractivity contribution in [3.8, 4) is 0 Å². The molecule has 1 saturated heterocycles. The highest BCUT2D eigenvalue weighted by atomic mass is 35.5.